The third kappa shape index (κ3) is 2.74. The first-order valence-corrected chi connectivity index (χ1v) is 7.46. The van der Waals surface area contributed by atoms with Gasteiger partial charge in [-0.05, 0) is 25.2 Å². The van der Waals surface area contributed by atoms with E-state index in [0.717, 1.165) is 18.1 Å². The number of ether oxygens (including phenoxy) is 1. The quantitative estimate of drug-likeness (QED) is 0.789. The summed E-state index contributed by atoms with van der Waals surface area (Å²) in [5.41, 5.74) is 6.02. The molecule has 0 aliphatic carbocycles. The van der Waals surface area contributed by atoms with E-state index in [1.165, 1.54) is 13.1 Å². The number of nitrogens with two attached hydrogens (primary N) is 1. The number of hydrogen-bond donors (Lipinski definition) is 2. The van der Waals surface area contributed by atoms with Crippen LogP contribution in [0.1, 0.15) is 0 Å². The van der Waals surface area contributed by atoms with Gasteiger partial charge in [-0.3, -0.25) is 0 Å². The lowest BCUT2D eigenvalue weighted by Gasteiger charge is -2.25. The molecule has 3 N–H and O–H groups in total. The second-order valence-electron chi connectivity index (χ2n) is 3.68. The standard InChI is InChI=1S/C10H14N2O3S2/c1-12-17(13,14)10-3-2-7(4-9(10)11)16-8-5-15-6-8/h2-4,8,12H,5-6,11H2,1H3. The molecule has 94 valence electrons. The Kier molecular flexibility index (Phi) is 3.62. The van der Waals surface area contributed by atoms with Crippen LogP contribution in [0, 0.1) is 0 Å². The Hall–Kier alpha value is -0.760. The van der Waals surface area contributed by atoms with Crippen molar-refractivity contribution in [3.05, 3.63) is 18.2 Å². The first-order chi connectivity index (χ1) is 8.03. The van der Waals surface area contributed by atoms with Crippen molar-refractivity contribution in [3.8, 4) is 0 Å². The van der Waals surface area contributed by atoms with Crippen molar-refractivity contribution in [2.45, 2.75) is 15.0 Å². The summed E-state index contributed by atoms with van der Waals surface area (Å²) in [4.78, 5) is 1.08. The normalized spacial score (nSPS) is 16.8. The first-order valence-electron chi connectivity index (χ1n) is 5.10. The molecule has 0 bridgehead atoms. The Morgan fingerprint density at radius 2 is 2.18 bits per heavy atom. The number of nitrogens with one attached hydrogen (secondary N) is 1. The van der Waals surface area contributed by atoms with Crippen LogP contribution >= 0.6 is 11.8 Å². The summed E-state index contributed by atoms with van der Waals surface area (Å²) < 4.78 is 30.5. The highest BCUT2D eigenvalue weighted by Crippen LogP contribution is 2.31. The van der Waals surface area contributed by atoms with Crippen LogP contribution in [0.3, 0.4) is 0 Å². The molecule has 1 aromatic carbocycles. The van der Waals surface area contributed by atoms with Crippen LogP contribution in [0.5, 0.6) is 0 Å². The first kappa shape index (κ1) is 12.7. The average Bonchev–Trinajstić information content (AvgIpc) is 2.23. The van der Waals surface area contributed by atoms with Crippen molar-refractivity contribution in [2.75, 3.05) is 26.0 Å². The van der Waals surface area contributed by atoms with Gasteiger partial charge in [0.05, 0.1) is 24.2 Å². The monoisotopic (exact) mass is 274 g/mol. The van der Waals surface area contributed by atoms with Crippen LogP contribution in [0.15, 0.2) is 28.0 Å². The smallest absolute Gasteiger partial charge is 0.242 e. The van der Waals surface area contributed by atoms with E-state index >= 15 is 0 Å². The van der Waals surface area contributed by atoms with Gasteiger partial charge in [0.1, 0.15) is 4.90 Å². The minimum absolute atomic E-state index is 0.120. The average molecular weight is 274 g/mol. The van der Waals surface area contributed by atoms with Crippen molar-refractivity contribution in [1.82, 2.24) is 4.72 Å². The number of nitrogen functional groups attached to an aromatic ring is 1. The molecule has 1 aliphatic rings. The highest BCUT2D eigenvalue weighted by molar-refractivity contribution is 8.00. The van der Waals surface area contributed by atoms with Gasteiger partial charge in [-0.25, -0.2) is 13.1 Å². The largest absolute Gasteiger partial charge is 0.398 e. The van der Waals surface area contributed by atoms with Gasteiger partial charge in [0.2, 0.25) is 10.0 Å². The summed E-state index contributed by atoms with van der Waals surface area (Å²) in [7, 11) is -2.11. The lowest BCUT2D eigenvalue weighted by Crippen LogP contribution is -2.30. The van der Waals surface area contributed by atoms with E-state index in [2.05, 4.69) is 4.72 Å². The van der Waals surface area contributed by atoms with Gasteiger partial charge in [0.15, 0.2) is 0 Å². The summed E-state index contributed by atoms with van der Waals surface area (Å²) in [6.07, 6.45) is 0. The second-order valence-corrected chi connectivity index (χ2v) is 6.91. The lowest BCUT2D eigenvalue weighted by atomic mass is 10.3. The van der Waals surface area contributed by atoms with Gasteiger partial charge in [0, 0.05) is 4.90 Å². The van der Waals surface area contributed by atoms with E-state index in [4.69, 9.17) is 10.5 Å². The number of thioether (sulfide) groups is 1. The Balaban J connectivity index is 2.22. The number of hydrogen-bond acceptors (Lipinski definition) is 5. The number of anilines is 1. The van der Waals surface area contributed by atoms with E-state index in [-0.39, 0.29) is 10.6 Å². The molecule has 0 atom stereocenters. The van der Waals surface area contributed by atoms with E-state index < -0.39 is 10.0 Å². The minimum Gasteiger partial charge on any atom is -0.398 e. The molecular weight excluding hydrogens is 260 g/mol. The summed E-state index contributed by atoms with van der Waals surface area (Å²) >= 11 is 1.65. The van der Waals surface area contributed by atoms with Crippen molar-refractivity contribution in [3.63, 3.8) is 0 Å². The molecule has 5 nitrogen and oxygen atoms in total. The molecule has 7 heteroatoms. The molecule has 1 fully saturated rings. The highest BCUT2D eigenvalue weighted by Gasteiger charge is 2.21. The summed E-state index contributed by atoms with van der Waals surface area (Å²) in [5, 5.41) is 0.446. The van der Waals surface area contributed by atoms with Crippen LogP contribution in [-0.4, -0.2) is 33.9 Å². The lowest BCUT2D eigenvalue weighted by molar-refractivity contribution is 0.0455. The van der Waals surface area contributed by atoms with Gasteiger partial charge < -0.3 is 10.5 Å². The summed E-state index contributed by atoms with van der Waals surface area (Å²) in [6.45, 7) is 1.47. The summed E-state index contributed by atoms with van der Waals surface area (Å²) in [5.74, 6) is 0. The molecule has 0 radical (unpaired) electrons. The van der Waals surface area contributed by atoms with Gasteiger partial charge >= 0.3 is 0 Å². The van der Waals surface area contributed by atoms with Crippen LogP contribution in [0.25, 0.3) is 0 Å². The van der Waals surface area contributed by atoms with Crippen LogP contribution in [-0.2, 0) is 14.8 Å². The zero-order chi connectivity index (χ0) is 12.5. The highest BCUT2D eigenvalue weighted by atomic mass is 32.2. The van der Waals surface area contributed by atoms with E-state index in [1.807, 2.05) is 0 Å². The maximum absolute atomic E-state index is 11.6. The molecule has 1 heterocycles. The van der Waals surface area contributed by atoms with Crippen molar-refractivity contribution in [2.24, 2.45) is 0 Å². The zero-order valence-electron chi connectivity index (χ0n) is 9.34. The van der Waals surface area contributed by atoms with Crippen LogP contribution in [0.4, 0.5) is 5.69 Å². The van der Waals surface area contributed by atoms with Gasteiger partial charge in [-0.2, -0.15) is 0 Å². The van der Waals surface area contributed by atoms with Gasteiger partial charge in [-0.15, -0.1) is 11.8 Å². The Morgan fingerprint density at radius 3 is 2.65 bits per heavy atom. The molecule has 0 saturated carbocycles. The molecule has 0 unspecified atom stereocenters. The SMILES string of the molecule is CNS(=O)(=O)c1ccc(SC2COC2)cc1N. The Morgan fingerprint density at radius 1 is 1.47 bits per heavy atom. The van der Waals surface area contributed by atoms with Gasteiger partial charge in [0.25, 0.3) is 0 Å². The van der Waals surface area contributed by atoms with Crippen LogP contribution < -0.4 is 10.5 Å². The maximum Gasteiger partial charge on any atom is 0.242 e. The van der Waals surface area contributed by atoms with E-state index in [9.17, 15) is 8.42 Å². The fourth-order valence-corrected chi connectivity index (χ4v) is 3.32. The summed E-state index contributed by atoms with van der Waals surface area (Å²) in [6, 6.07) is 4.99. The number of sulfonamides is 1. The molecule has 0 spiro atoms. The molecular formula is C10H14N2O3S2. The van der Waals surface area contributed by atoms with Gasteiger partial charge in [-0.1, -0.05) is 0 Å². The maximum atomic E-state index is 11.6. The third-order valence-electron chi connectivity index (χ3n) is 2.45. The molecule has 1 saturated heterocycles. The topological polar surface area (TPSA) is 81.4 Å². The molecule has 17 heavy (non-hydrogen) atoms. The second kappa shape index (κ2) is 4.85. The predicted molar refractivity (Wildman–Crippen MR) is 67.6 cm³/mol. The van der Waals surface area contributed by atoms with Crippen LogP contribution in [0.2, 0.25) is 0 Å². The predicted octanol–water partition coefficient (Wildman–Crippen LogP) is 0.668. The van der Waals surface area contributed by atoms with E-state index in [1.54, 1.807) is 23.9 Å². The zero-order valence-corrected chi connectivity index (χ0v) is 11.0. The Bertz CT molecular complexity index is 512. The molecule has 1 aliphatic heterocycles. The molecule has 1 aromatic rings. The third-order valence-corrected chi connectivity index (χ3v) is 5.07. The van der Waals surface area contributed by atoms with E-state index in [0.29, 0.717) is 5.25 Å². The van der Waals surface area contributed by atoms with Crippen molar-refractivity contribution >= 4 is 27.5 Å². The molecule has 0 amide bonds. The minimum atomic E-state index is -3.47. The van der Waals surface area contributed by atoms with Crippen molar-refractivity contribution in [1.29, 1.82) is 0 Å². The fourth-order valence-electron chi connectivity index (χ4n) is 1.43. The fraction of sp³-hybridized carbons (Fsp3) is 0.400. The van der Waals surface area contributed by atoms with Crippen molar-refractivity contribution < 1.29 is 13.2 Å². The molecule has 2 rings (SSSR count). The number of benzene rings is 1. The Labute approximate surface area is 105 Å². The molecule has 0 aromatic heterocycles. The number of rotatable bonds is 4.